The Morgan fingerprint density at radius 1 is 1.58 bits per heavy atom. The van der Waals surface area contributed by atoms with E-state index in [4.69, 9.17) is 9.47 Å². The maximum atomic E-state index is 5.32. The topological polar surface area (TPSA) is 30.5 Å². The highest BCUT2D eigenvalue weighted by molar-refractivity contribution is 4.86. The molecule has 0 amide bonds. The molecule has 0 spiro atoms. The molecule has 12 heavy (non-hydrogen) atoms. The second kappa shape index (κ2) is 4.80. The van der Waals surface area contributed by atoms with Crippen LogP contribution in [0, 0.1) is 0 Å². The van der Waals surface area contributed by atoms with Crippen LogP contribution in [0.5, 0.6) is 0 Å². The molecule has 1 atom stereocenters. The molecule has 1 unspecified atom stereocenters. The second-order valence-corrected chi connectivity index (χ2v) is 3.64. The van der Waals surface area contributed by atoms with Crippen LogP contribution in [0.25, 0.3) is 0 Å². The van der Waals surface area contributed by atoms with Gasteiger partial charge in [0.05, 0.1) is 6.61 Å². The average Bonchev–Trinajstić information content (AvgIpc) is 2.47. The lowest BCUT2D eigenvalue weighted by Gasteiger charge is -2.23. The van der Waals surface area contributed by atoms with Crippen LogP contribution in [-0.2, 0) is 9.47 Å². The van der Waals surface area contributed by atoms with Gasteiger partial charge in [-0.2, -0.15) is 0 Å². The zero-order valence-electron chi connectivity index (χ0n) is 8.06. The third kappa shape index (κ3) is 3.09. The van der Waals surface area contributed by atoms with E-state index in [0.29, 0.717) is 0 Å². The summed E-state index contributed by atoms with van der Waals surface area (Å²) in [5, 5.41) is 3.49. The van der Waals surface area contributed by atoms with Gasteiger partial charge in [0.25, 0.3) is 0 Å². The predicted octanol–water partition coefficient (Wildman–Crippen LogP) is 0.791. The zero-order valence-corrected chi connectivity index (χ0v) is 8.06. The SMILES string of the molecule is COCCCNC1(C)CCOC1. The Balaban J connectivity index is 2.05. The first-order valence-corrected chi connectivity index (χ1v) is 4.58. The second-order valence-electron chi connectivity index (χ2n) is 3.64. The van der Waals surface area contributed by atoms with Crippen molar-refractivity contribution in [3.05, 3.63) is 0 Å². The van der Waals surface area contributed by atoms with Crippen LogP contribution in [0.4, 0.5) is 0 Å². The van der Waals surface area contributed by atoms with E-state index in [2.05, 4.69) is 12.2 Å². The maximum Gasteiger partial charge on any atom is 0.0646 e. The summed E-state index contributed by atoms with van der Waals surface area (Å²) in [7, 11) is 1.74. The normalized spacial score (nSPS) is 29.5. The maximum absolute atomic E-state index is 5.32. The van der Waals surface area contributed by atoms with Crippen molar-refractivity contribution in [2.75, 3.05) is 33.5 Å². The molecule has 0 aromatic rings. The van der Waals surface area contributed by atoms with E-state index in [0.717, 1.165) is 39.2 Å². The van der Waals surface area contributed by atoms with Crippen LogP contribution in [0.1, 0.15) is 19.8 Å². The van der Waals surface area contributed by atoms with Gasteiger partial charge in [0, 0.05) is 25.9 Å². The first-order valence-electron chi connectivity index (χ1n) is 4.58. The zero-order chi connectivity index (χ0) is 8.86. The standard InChI is InChI=1S/C9H19NO2/c1-9(4-7-12-8-9)10-5-3-6-11-2/h10H,3-8H2,1-2H3. The first kappa shape index (κ1) is 9.96. The molecule has 1 rings (SSSR count). The molecule has 0 aromatic heterocycles. The molecule has 3 heteroatoms. The molecule has 1 aliphatic rings. The molecule has 0 saturated carbocycles. The highest BCUT2D eigenvalue weighted by atomic mass is 16.5. The van der Waals surface area contributed by atoms with Gasteiger partial charge >= 0.3 is 0 Å². The molecular formula is C9H19NO2. The Morgan fingerprint density at radius 2 is 2.42 bits per heavy atom. The Kier molecular flexibility index (Phi) is 3.98. The molecule has 1 aliphatic heterocycles. The van der Waals surface area contributed by atoms with Gasteiger partial charge in [-0.05, 0) is 26.3 Å². The van der Waals surface area contributed by atoms with Crippen molar-refractivity contribution in [1.29, 1.82) is 0 Å². The summed E-state index contributed by atoms with van der Waals surface area (Å²) < 4.78 is 10.3. The molecule has 0 bridgehead atoms. The lowest BCUT2D eigenvalue weighted by atomic mass is 10.0. The number of methoxy groups -OCH3 is 1. The van der Waals surface area contributed by atoms with Gasteiger partial charge < -0.3 is 14.8 Å². The van der Waals surface area contributed by atoms with Crippen molar-refractivity contribution < 1.29 is 9.47 Å². The highest BCUT2D eigenvalue weighted by Crippen LogP contribution is 2.16. The van der Waals surface area contributed by atoms with Crippen LogP contribution >= 0.6 is 0 Å². The molecule has 1 fully saturated rings. The first-order chi connectivity index (χ1) is 5.77. The third-order valence-corrected chi connectivity index (χ3v) is 2.30. The van der Waals surface area contributed by atoms with Gasteiger partial charge in [-0.15, -0.1) is 0 Å². The minimum absolute atomic E-state index is 0.216. The predicted molar refractivity (Wildman–Crippen MR) is 48.3 cm³/mol. The van der Waals surface area contributed by atoms with Crippen LogP contribution in [-0.4, -0.2) is 39.0 Å². The molecule has 1 saturated heterocycles. The summed E-state index contributed by atoms with van der Waals surface area (Å²) in [6, 6.07) is 0. The van der Waals surface area contributed by atoms with Gasteiger partial charge in [-0.3, -0.25) is 0 Å². The Hall–Kier alpha value is -0.120. The quantitative estimate of drug-likeness (QED) is 0.624. The van der Waals surface area contributed by atoms with E-state index in [9.17, 15) is 0 Å². The summed E-state index contributed by atoms with van der Waals surface area (Å²) in [6.45, 7) is 5.82. The van der Waals surface area contributed by atoms with Crippen molar-refractivity contribution >= 4 is 0 Å². The number of nitrogens with one attached hydrogen (secondary N) is 1. The van der Waals surface area contributed by atoms with Gasteiger partial charge in [-0.25, -0.2) is 0 Å². The van der Waals surface area contributed by atoms with E-state index in [1.54, 1.807) is 7.11 Å². The molecular weight excluding hydrogens is 154 g/mol. The summed E-state index contributed by atoms with van der Waals surface area (Å²) in [5.41, 5.74) is 0.216. The van der Waals surface area contributed by atoms with Crippen LogP contribution < -0.4 is 5.32 Å². The minimum Gasteiger partial charge on any atom is -0.385 e. The third-order valence-electron chi connectivity index (χ3n) is 2.30. The summed E-state index contributed by atoms with van der Waals surface area (Å²) >= 11 is 0. The number of hydrogen-bond donors (Lipinski definition) is 1. The molecule has 72 valence electrons. The van der Waals surface area contributed by atoms with Crippen LogP contribution in [0.2, 0.25) is 0 Å². The fourth-order valence-electron chi connectivity index (χ4n) is 1.41. The lowest BCUT2D eigenvalue weighted by Crippen LogP contribution is -2.43. The lowest BCUT2D eigenvalue weighted by molar-refractivity contribution is 0.165. The highest BCUT2D eigenvalue weighted by Gasteiger charge is 2.28. The fraction of sp³-hybridized carbons (Fsp3) is 1.00. The molecule has 1 heterocycles. The van der Waals surface area contributed by atoms with Crippen molar-refractivity contribution in [2.24, 2.45) is 0 Å². The van der Waals surface area contributed by atoms with E-state index in [1.807, 2.05) is 0 Å². The summed E-state index contributed by atoms with van der Waals surface area (Å²) in [5.74, 6) is 0. The fourth-order valence-corrected chi connectivity index (χ4v) is 1.41. The van der Waals surface area contributed by atoms with Crippen molar-refractivity contribution in [3.63, 3.8) is 0 Å². The Morgan fingerprint density at radius 3 is 3.00 bits per heavy atom. The Labute approximate surface area is 74.4 Å². The van der Waals surface area contributed by atoms with Crippen LogP contribution in [0.3, 0.4) is 0 Å². The van der Waals surface area contributed by atoms with E-state index >= 15 is 0 Å². The van der Waals surface area contributed by atoms with E-state index in [1.165, 1.54) is 0 Å². The number of rotatable bonds is 5. The molecule has 0 radical (unpaired) electrons. The van der Waals surface area contributed by atoms with Gasteiger partial charge in [0.2, 0.25) is 0 Å². The van der Waals surface area contributed by atoms with Gasteiger partial charge in [-0.1, -0.05) is 0 Å². The van der Waals surface area contributed by atoms with E-state index < -0.39 is 0 Å². The smallest absolute Gasteiger partial charge is 0.0646 e. The summed E-state index contributed by atoms with van der Waals surface area (Å²) in [4.78, 5) is 0. The van der Waals surface area contributed by atoms with Crippen molar-refractivity contribution in [2.45, 2.75) is 25.3 Å². The van der Waals surface area contributed by atoms with Crippen molar-refractivity contribution in [3.8, 4) is 0 Å². The van der Waals surface area contributed by atoms with E-state index in [-0.39, 0.29) is 5.54 Å². The molecule has 0 aromatic carbocycles. The minimum atomic E-state index is 0.216. The molecule has 1 N–H and O–H groups in total. The molecule has 3 nitrogen and oxygen atoms in total. The average molecular weight is 173 g/mol. The summed E-state index contributed by atoms with van der Waals surface area (Å²) in [6.07, 6.45) is 2.20. The van der Waals surface area contributed by atoms with Crippen molar-refractivity contribution in [1.82, 2.24) is 5.32 Å². The number of ether oxygens (including phenoxy) is 2. The largest absolute Gasteiger partial charge is 0.385 e. The monoisotopic (exact) mass is 173 g/mol. The Bertz CT molecular complexity index is 122. The number of hydrogen-bond acceptors (Lipinski definition) is 3. The molecule has 0 aliphatic carbocycles. The van der Waals surface area contributed by atoms with Gasteiger partial charge in [0.15, 0.2) is 0 Å². The van der Waals surface area contributed by atoms with Gasteiger partial charge in [0.1, 0.15) is 0 Å². The van der Waals surface area contributed by atoms with Crippen LogP contribution in [0.15, 0.2) is 0 Å².